The number of pyridine rings is 1. The highest BCUT2D eigenvalue weighted by molar-refractivity contribution is 5.92. The van der Waals surface area contributed by atoms with Gasteiger partial charge in [-0.2, -0.15) is 4.39 Å². The quantitative estimate of drug-likeness (QED) is 0.738. The molecule has 0 radical (unpaired) electrons. The number of carbonyl (C=O) groups is 1. The standard InChI is InChI=1S/C8H9FN2O.C2H6/c1-2-5-3-6(8(10)12)4-11-7(5)9;1-2/h3-4H,2H2,1H3,(H2,10,12);1-2H3. The molecular weight excluding hydrogens is 183 g/mol. The molecule has 0 saturated carbocycles. The van der Waals surface area contributed by atoms with Gasteiger partial charge in [0, 0.05) is 11.8 Å². The van der Waals surface area contributed by atoms with Crippen LogP contribution in [0.4, 0.5) is 4.39 Å². The highest BCUT2D eigenvalue weighted by Crippen LogP contribution is 2.07. The summed E-state index contributed by atoms with van der Waals surface area (Å²) in [6, 6.07) is 1.42. The van der Waals surface area contributed by atoms with Crippen molar-refractivity contribution in [2.45, 2.75) is 27.2 Å². The molecule has 1 aromatic rings. The lowest BCUT2D eigenvalue weighted by molar-refractivity contribution is 0.0999. The van der Waals surface area contributed by atoms with Crippen LogP contribution in [0.3, 0.4) is 0 Å². The van der Waals surface area contributed by atoms with Crippen LogP contribution >= 0.6 is 0 Å². The van der Waals surface area contributed by atoms with Gasteiger partial charge < -0.3 is 5.73 Å². The summed E-state index contributed by atoms with van der Waals surface area (Å²) >= 11 is 0. The van der Waals surface area contributed by atoms with E-state index in [9.17, 15) is 9.18 Å². The van der Waals surface area contributed by atoms with Crippen molar-refractivity contribution in [3.63, 3.8) is 0 Å². The van der Waals surface area contributed by atoms with Gasteiger partial charge in [-0.1, -0.05) is 20.8 Å². The molecule has 1 amide bonds. The molecule has 0 aliphatic carbocycles. The Morgan fingerprint density at radius 3 is 2.57 bits per heavy atom. The van der Waals surface area contributed by atoms with Crippen LogP contribution in [0.25, 0.3) is 0 Å². The fourth-order valence-electron chi connectivity index (χ4n) is 0.876. The Morgan fingerprint density at radius 2 is 2.14 bits per heavy atom. The molecule has 1 rings (SSSR count). The lowest BCUT2D eigenvalue weighted by Gasteiger charge is -1.99. The first-order valence-electron chi connectivity index (χ1n) is 4.59. The summed E-state index contributed by atoms with van der Waals surface area (Å²) < 4.78 is 12.8. The van der Waals surface area contributed by atoms with Gasteiger partial charge in [0.15, 0.2) is 0 Å². The maximum absolute atomic E-state index is 12.8. The summed E-state index contributed by atoms with van der Waals surface area (Å²) in [5.41, 5.74) is 5.64. The molecule has 2 N–H and O–H groups in total. The Bertz CT molecular complexity index is 313. The van der Waals surface area contributed by atoms with Gasteiger partial charge in [-0.05, 0) is 12.5 Å². The largest absolute Gasteiger partial charge is 0.366 e. The smallest absolute Gasteiger partial charge is 0.250 e. The molecule has 14 heavy (non-hydrogen) atoms. The van der Waals surface area contributed by atoms with Gasteiger partial charge in [0.25, 0.3) is 0 Å². The molecule has 4 heteroatoms. The van der Waals surface area contributed by atoms with E-state index in [-0.39, 0.29) is 5.56 Å². The third kappa shape index (κ3) is 3.12. The predicted molar refractivity (Wildman–Crippen MR) is 53.4 cm³/mol. The normalized spacial score (nSPS) is 8.86. The molecule has 0 spiro atoms. The number of primary amides is 1. The van der Waals surface area contributed by atoms with Crippen molar-refractivity contribution in [3.8, 4) is 0 Å². The fraction of sp³-hybridized carbons (Fsp3) is 0.400. The van der Waals surface area contributed by atoms with Gasteiger partial charge in [0.05, 0.1) is 5.56 Å². The summed E-state index contributed by atoms with van der Waals surface area (Å²) in [6.45, 7) is 5.78. The van der Waals surface area contributed by atoms with Gasteiger partial charge in [0.1, 0.15) is 0 Å². The number of nitrogens with two attached hydrogens (primary N) is 1. The number of hydrogen-bond acceptors (Lipinski definition) is 2. The van der Waals surface area contributed by atoms with Gasteiger partial charge in [-0.3, -0.25) is 4.79 Å². The second-order valence-corrected chi connectivity index (χ2v) is 2.39. The van der Waals surface area contributed by atoms with E-state index in [1.54, 1.807) is 6.92 Å². The minimum atomic E-state index is -0.586. The van der Waals surface area contributed by atoms with E-state index >= 15 is 0 Å². The second-order valence-electron chi connectivity index (χ2n) is 2.39. The first kappa shape index (κ1) is 12.6. The van der Waals surface area contributed by atoms with Crippen molar-refractivity contribution in [2.75, 3.05) is 0 Å². The van der Waals surface area contributed by atoms with Crippen molar-refractivity contribution in [1.29, 1.82) is 0 Å². The van der Waals surface area contributed by atoms with E-state index in [0.29, 0.717) is 12.0 Å². The zero-order chi connectivity index (χ0) is 11.1. The van der Waals surface area contributed by atoms with Crippen molar-refractivity contribution in [3.05, 3.63) is 29.3 Å². The minimum absolute atomic E-state index is 0.244. The van der Waals surface area contributed by atoms with Crippen LogP contribution in [-0.2, 0) is 6.42 Å². The minimum Gasteiger partial charge on any atom is -0.366 e. The van der Waals surface area contributed by atoms with Crippen molar-refractivity contribution >= 4 is 5.91 Å². The van der Waals surface area contributed by atoms with E-state index in [1.807, 2.05) is 13.8 Å². The molecule has 1 heterocycles. The SMILES string of the molecule is CC.CCc1cc(C(N)=O)cnc1F. The van der Waals surface area contributed by atoms with Crippen LogP contribution in [0, 0.1) is 5.95 Å². The van der Waals surface area contributed by atoms with Gasteiger partial charge in [0.2, 0.25) is 11.9 Å². The highest BCUT2D eigenvalue weighted by atomic mass is 19.1. The van der Waals surface area contributed by atoms with Gasteiger partial charge >= 0.3 is 0 Å². The number of amides is 1. The number of carbonyl (C=O) groups excluding carboxylic acids is 1. The van der Waals surface area contributed by atoms with Crippen LogP contribution in [0.1, 0.15) is 36.7 Å². The molecule has 78 valence electrons. The van der Waals surface area contributed by atoms with Crippen molar-refractivity contribution in [2.24, 2.45) is 5.73 Å². The fourth-order valence-corrected chi connectivity index (χ4v) is 0.876. The van der Waals surface area contributed by atoms with E-state index in [4.69, 9.17) is 5.73 Å². The lowest BCUT2D eigenvalue weighted by Crippen LogP contribution is -2.12. The molecular formula is C10H15FN2O. The second kappa shape index (κ2) is 6.07. The van der Waals surface area contributed by atoms with E-state index in [0.717, 1.165) is 6.20 Å². The van der Waals surface area contributed by atoms with Crippen molar-refractivity contribution in [1.82, 2.24) is 4.98 Å². The number of aromatic nitrogens is 1. The van der Waals surface area contributed by atoms with E-state index < -0.39 is 11.9 Å². The summed E-state index contributed by atoms with van der Waals surface area (Å²) in [6.07, 6.45) is 1.64. The third-order valence-corrected chi connectivity index (χ3v) is 1.58. The third-order valence-electron chi connectivity index (χ3n) is 1.58. The number of aryl methyl sites for hydroxylation is 1. The molecule has 0 fully saturated rings. The first-order valence-corrected chi connectivity index (χ1v) is 4.59. The number of hydrogen-bond donors (Lipinski definition) is 1. The maximum Gasteiger partial charge on any atom is 0.250 e. The van der Waals surface area contributed by atoms with Crippen LogP contribution < -0.4 is 5.73 Å². The topological polar surface area (TPSA) is 56.0 Å². The molecule has 0 aromatic carbocycles. The molecule has 0 bridgehead atoms. The molecule has 0 aliphatic heterocycles. The molecule has 0 unspecified atom stereocenters. The summed E-state index contributed by atoms with van der Waals surface area (Å²) in [7, 11) is 0. The number of nitrogens with zero attached hydrogens (tertiary/aromatic N) is 1. The molecule has 3 nitrogen and oxygen atoms in total. The number of halogens is 1. The zero-order valence-electron chi connectivity index (χ0n) is 8.67. The summed E-state index contributed by atoms with van der Waals surface area (Å²) in [5, 5.41) is 0. The van der Waals surface area contributed by atoms with Crippen LogP contribution in [0.2, 0.25) is 0 Å². The van der Waals surface area contributed by atoms with Gasteiger partial charge in [-0.25, -0.2) is 4.98 Å². The van der Waals surface area contributed by atoms with Crippen LogP contribution in [0.15, 0.2) is 12.3 Å². The van der Waals surface area contributed by atoms with Crippen LogP contribution in [0.5, 0.6) is 0 Å². The average Bonchev–Trinajstić information content (AvgIpc) is 2.21. The van der Waals surface area contributed by atoms with E-state index in [2.05, 4.69) is 4.98 Å². The van der Waals surface area contributed by atoms with E-state index in [1.165, 1.54) is 6.07 Å². The Labute approximate surface area is 83.1 Å². The Kier molecular flexibility index (Phi) is 5.44. The Balaban J connectivity index is 0.000000791. The molecule has 0 saturated heterocycles. The monoisotopic (exact) mass is 198 g/mol. The number of rotatable bonds is 2. The molecule has 0 atom stereocenters. The first-order chi connectivity index (χ1) is 6.65. The zero-order valence-corrected chi connectivity index (χ0v) is 8.67. The highest BCUT2D eigenvalue weighted by Gasteiger charge is 2.05. The Hall–Kier alpha value is -1.45. The van der Waals surface area contributed by atoms with Crippen molar-refractivity contribution < 1.29 is 9.18 Å². The summed E-state index contributed by atoms with van der Waals surface area (Å²) in [5.74, 6) is -1.13. The lowest BCUT2D eigenvalue weighted by atomic mass is 10.1. The van der Waals surface area contributed by atoms with Gasteiger partial charge in [-0.15, -0.1) is 0 Å². The Morgan fingerprint density at radius 1 is 1.57 bits per heavy atom. The maximum atomic E-state index is 12.8. The molecule has 0 aliphatic rings. The average molecular weight is 198 g/mol. The summed E-state index contributed by atoms with van der Waals surface area (Å²) in [4.78, 5) is 14.0. The van der Waals surface area contributed by atoms with Crippen LogP contribution in [-0.4, -0.2) is 10.9 Å². The molecule has 1 aromatic heterocycles. The predicted octanol–water partition coefficient (Wildman–Crippen LogP) is 1.91.